The Bertz CT molecular complexity index is 584. The summed E-state index contributed by atoms with van der Waals surface area (Å²) in [6.45, 7) is 6.33. The van der Waals surface area contributed by atoms with Gasteiger partial charge < -0.3 is 10.2 Å². The van der Waals surface area contributed by atoms with Crippen LogP contribution in [-0.2, 0) is 9.59 Å². The van der Waals surface area contributed by atoms with Gasteiger partial charge in [-0.25, -0.2) is 0 Å². The second-order valence-electron chi connectivity index (χ2n) is 10.6. The summed E-state index contributed by atoms with van der Waals surface area (Å²) in [7, 11) is 0. The predicted molar refractivity (Wildman–Crippen MR) is 138 cm³/mol. The van der Waals surface area contributed by atoms with Crippen LogP contribution in [0, 0.1) is 16.7 Å². The Hall–Kier alpha value is -1.32. The second kappa shape index (κ2) is 16.3. The van der Waals surface area contributed by atoms with Gasteiger partial charge in [0, 0.05) is 0 Å². The highest BCUT2D eigenvalue weighted by molar-refractivity contribution is 5.82. The topological polar surface area (TPSA) is 74.6 Å². The zero-order valence-corrected chi connectivity index (χ0v) is 21.9. The molecular weight excluding hydrogens is 412 g/mol. The van der Waals surface area contributed by atoms with Gasteiger partial charge in [-0.3, -0.25) is 9.59 Å². The molecule has 0 heterocycles. The fourth-order valence-electron chi connectivity index (χ4n) is 5.78. The number of unbranched alkanes of at least 4 members (excludes halogenated alkanes) is 14. The van der Waals surface area contributed by atoms with Crippen molar-refractivity contribution in [1.82, 2.24) is 0 Å². The molecular formula is C29H52O4. The summed E-state index contributed by atoms with van der Waals surface area (Å²) in [5.41, 5.74) is -2.02. The van der Waals surface area contributed by atoms with Crippen LogP contribution >= 0.6 is 0 Å². The molecule has 2 N–H and O–H groups in total. The standard InChI is InChI=1S/C29H52O4/c1-4-6-8-10-12-14-16-18-21-28(26(30)31)23-20-24-29(25(28)3,27(32)33)22-19-17-15-13-11-9-7-5-2/h20,23,25H,4-19,21-22,24H2,1-3H3,(H,30,31)(H,32,33). The normalized spacial score (nSPS) is 24.8. The Balaban J connectivity index is 2.65. The van der Waals surface area contributed by atoms with Gasteiger partial charge in [0.2, 0.25) is 0 Å². The van der Waals surface area contributed by atoms with Crippen molar-refractivity contribution < 1.29 is 19.8 Å². The summed E-state index contributed by atoms with van der Waals surface area (Å²) < 4.78 is 0. The Morgan fingerprint density at radius 1 is 0.697 bits per heavy atom. The van der Waals surface area contributed by atoms with Crippen molar-refractivity contribution >= 4 is 11.9 Å². The molecule has 0 spiro atoms. The van der Waals surface area contributed by atoms with Crippen LogP contribution in [0.1, 0.15) is 143 Å². The molecule has 4 heteroatoms. The average Bonchev–Trinajstić information content (AvgIpc) is 2.79. The molecule has 0 saturated heterocycles. The van der Waals surface area contributed by atoms with Gasteiger partial charge in [0.05, 0.1) is 10.8 Å². The van der Waals surface area contributed by atoms with Gasteiger partial charge in [0.1, 0.15) is 0 Å². The third kappa shape index (κ3) is 9.09. The van der Waals surface area contributed by atoms with Crippen molar-refractivity contribution in [1.29, 1.82) is 0 Å². The van der Waals surface area contributed by atoms with Crippen molar-refractivity contribution in [2.24, 2.45) is 16.7 Å². The highest BCUT2D eigenvalue weighted by atomic mass is 16.4. The largest absolute Gasteiger partial charge is 0.481 e. The fraction of sp³-hybridized carbons (Fsp3) is 0.862. The van der Waals surface area contributed by atoms with Gasteiger partial charge in [0.25, 0.3) is 0 Å². The van der Waals surface area contributed by atoms with Crippen LogP contribution in [0.3, 0.4) is 0 Å². The van der Waals surface area contributed by atoms with Crippen molar-refractivity contribution in [3.8, 4) is 0 Å². The van der Waals surface area contributed by atoms with E-state index in [1.165, 1.54) is 64.2 Å². The molecule has 1 aliphatic rings. The fourth-order valence-corrected chi connectivity index (χ4v) is 5.78. The lowest BCUT2D eigenvalue weighted by Crippen LogP contribution is -2.51. The van der Waals surface area contributed by atoms with E-state index >= 15 is 0 Å². The smallest absolute Gasteiger partial charge is 0.313 e. The second-order valence-corrected chi connectivity index (χ2v) is 10.6. The Kier molecular flexibility index (Phi) is 14.7. The van der Waals surface area contributed by atoms with E-state index in [1.807, 2.05) is 19.1 Å². The van der Waals surface area contributed by atoms with Gasteiger partial charge in [-0.2, -0.15) is 0 Å². The van der Waals surface area contributed by atoms with E-state index in [4.69, 9.17) is 0 Å². The summed E-state index contributed by atoms with van der Waals surface area (Å²) in [6.07, 6.45) is 23.9. The first kappa shape index (κ1) is 29.7. The number of allylic oxidation sites excluding steroid dienone is 1. The zero-order chi connectivity index (χ0) is 24.6. The number of hydrogen-bond donors (Lipinski definition) is 2. The van der Waals surface area contributed by atoms with E-state index in [9.17, 15) is 19.8 Å². The first-order valence-electron chi connectivity index (χ1n) is 14.0. The van der Waals surface area contributed by atoms with Gasteiger partial charge in [-0.1, -0.05) is 136 Å². The molecule has 4 nitrogen and oxygen atoms in total. The molecule has 0 saturated carbocycles. The van der Waals surface area contributed by atoms with E-state index in [0.717, 1.165) is 38.5 Å². The van der Waals surface area contributed by atoms with E-state index in [1.54, 1.807) is 0 Å². The molecule has 1 aliphatic carbocycles. The van der Waals surface area contributed by atoms with Crippen molar-refractivity contribution in [2.75, 3.05) is 0 Å². The number of carboxylic acids is 2. The molecule has 0 fully saturated rings. The third-order valence-electron chi connectivity index (χ3n) is 8.24. The maximum absolute atomic E-state index is 12.5. The number of carboxylic acid groups (broad SMARTS) is 2. The summed E-state index contributed by atoms with van der Waals surface area (Å²) in [6, 6.07) is 0. The minimum Gasteiger partial charge on any atom is -0.481 e. The van der Waals surface area contributed by atoms with Crippen molar-refractivity contribution in [3.63, 3.8) is 0 Å². The molecule has 3 atom stereocenters. The van der Waals surface area contributed by atoms with Crippen LogP contribution in [0.2, 0.25) is 0 Å². The number of rotatable bonds is 20. The maximum atomic E-state index is 12.5. The molecule has 0 aromatic carbocycles. The molecule has 0 aromatic rings. The monoisotopic (exact) mass is 464 g/mol. The van der Waals surface area contributed by atoms with E-state index in [-0.39, 0.29) is 0 Å². The molecule has 0 radical (unpaired) electrons. The highest BCUT2D eigenvalue weighted by Gasteiger charge is 2.56. The van der Waals surface area contributed by atoms with Crippen molar-refractivity contribution in [3.05, 3.63) is 12.2 Å². The Morgan fingerprint density at radius 2 is 1.12 bits per heavy atom. The van der Waals surface area contributed by atoms with Gasteiger partial charge >= 0.3 is 11.9 Å². The minimum absolute atomic E-state index is 0.404. The third-order valence-corrected chi connectivity index (χ3v) is 8.24. The number of aliphatic carboxylic acids is 2. The Morgan fingerprint density at radius 3 is 1.55 bits per heavy atom. The highest BCUT2D eigenvalue weighted by Crippen LogP contribution is 2.53. The summed E-state index contributed by atoms with van der Waals surface area (Å²) in [5.74, 6) is -2.07. The lowest BCUT2D eigenvalue weighted by atomic mass is 9.55. The van der Waals surface area contributed by atoms with E-state index in [2.05, 4.69) is 13.8 Å². The van der Waals surface area contributed by atoms with Crippen LogP contribution in [0.4, 0.5) is 0 Å². The lowest BCUT2D eigenvalue weighted by Gasteiger charge is -2.46. The molecule has 33 heavy (non-hydrogen) atoms. The van der Waals surface area contributed by atoms with Crippen LogP contribution < -0.4 is 0 Å². The van der Waals surface area contributed by atoms with Crippen LogP contribution in [-0.4, -0.2) is 22.2 Å². The first-order chi connectivity index (χ1) is 15.9. The Labute approximate surface area is 203 Å². The lowest BCUT2D eigenvalue weighted by molar-refractivity contribution is -0.164. The van der Waals surface area contributed by atoms with Gasteiger partial charge in [-0.15, -0.1) is 0 Å². The van der Waals surface area contributed by atoms with Crippen LogP contribution in [0.25, 0.3) is 0 Å². The predicted octanol–water partition coefficient (Wildman–Crippen LogP) is 8.79. The zero-order valence-electron chi connectivity index (χ0n) is 21.9. The first-order valence-corrected chi connectivity index (χ1v) is 14.0. The minimum atomic E-state index is -1.06. The van der Waals surface area contributed by atoms with Crippen LogP contribution in [0.15, 0.2) is 12.2 Å². The maximum Gasteiger partial charge on any atom is 0.313 e. The summed E-state index contributed by atoms with van der Waals surface area (Å²) in [5, 5.41) is 20.5. The van der Waals surface area contributed by atoms with Crippen LogP contribution in [0.5, 0.6) is 0 Å². The SMILES string of the molecule is CCCCCCCCCCC1(C(=O)O)C=CCC(CCCCCCCCCC)(C(=O)O)C1C. The molecule has 0 bridgehead atoms. The van der Waals surface area contributed by atoms with E-state index in [0.29, 0.717) is 19.3 Å². The molecule has 192 valence electrons. The van der Waals surface area contributed by atoms with Gasteiger partial charge in [0.15, 0.2) is 0 Å². The summed E-state index contributed by atoms with van der Waals surface area (Å²) >= 11 is 0. The molecule has 0 aromatic heterocycles. The number of carbonyl (C=O) groups is 2. The van der Waals surface area contributed by atoms with Crippen molar-refractivity contribution in [2.45, 2.75) is 143 Å². The average molecular weight is 465 g/mol. The molecule has 3 unspecified atom stereocenters. The quantitative estimate of drug-likeness (QED) is 0.139. The van der Waals surface area contributed by atoms with E-state index < -0.39 is 28.7 Å². The number of hydrogen-bond acceptors (Lipinski definition) is 2. The molecule has 0 amide bonds. The molecule has 1 rings (SSSR count). The van der Waals surface area contributed by atoms with Gasteiger partial charge in [-0.05, 0) is 25.2 Å². The molecule has 0 aliphatic heterocycles. The summed E-state index contributed by atoms with van der Waals surface area (Å²) in [4.78, 5) is 25.0.